The zero-order valence-corrected chi connectivity index (χ0v) is 12.4. The van der Waals surface area contributed by atoms with Gasteiger partial charge in [0.25, 0.3) is 0 Å². The zero-order chi connectivity index (χ0) is 15.5. The lowest BCUT2D eigenvalue weighted by atomic mass is 9.94. The van der Waals surface area contributed by atoms with E-state index < -0.39 is 11.5 Å². The highest BCUT2D eigenvalue weighted by molar-refractivity contribution is 5.98. The monoisotopic (exact) mass is 297 g/mol. The molecule has 2 aliphatic heterocycles. The Bertz CT molecular complexity index is 426. The molecule has 0 bridgehead atoms. The normalized spacial score (nSPS) is 22.4. The number of rotatable bonds is 4. The van der Waals surface area contributed by atoms with E-state index in [0.29, 0.717) is 38.9 Å². The smallest absolute Gasteiger partial charge is 0.246 e. The maximum atomic E-state index is 11.8. The van der Waals surface area contributed by atoms with Crippen molar-refractivity contribution in [2.45, 2.75) is 38.2 Å². The largest absolute Gasteiger partial charge is 0.390 e. The van der Waals surface area contributed by atoms with Crippen LogP contribution in [0.5, 0.6) is 0 Å². The van der Waals surface area contributed by atoms with Gasteiger partial charge >= 0.3 is 0 Å². The molecule has 2 N–H and O–H groups in total. The van der Waals surface area contributed by atoms with E-state index in [1.165, 1.54) is 4.90 Å². The van der Waals surface area contributed by atoms with Gasteiger partial charge in [-0.05, 0) is 26.2 Å². The van der Waals surface area contributed by atoms with E-state index >= 15 is 0 Å². The van der Waals surface area contributed by atoms with E-state index in [0.717, 1.165) is 6.42 Å². The molecule has 0 aromatic carbocycles. The van der Waals surface area contributed by atoms with Gasteiger partial charge < -0.3 is 10.0 Å². The lowest BCUT2D eigenvalue weighted by molar-refractivity contribution is -0.136. The van der Waals surface area contributed by atoms with Crippen molar-refractivity contribution in [2.75, 3.05) is 32.7 Å². The van der Waals surface area contributed by atoms with Gasteiger partial charge in [-0.2, -0.15) is 0 Å². The Hall–Kier alpha value is -1.47. The fourth-order valence-electron chi connectivity index (χ4n) is 2.68. The Morgan fingerprint density at radius 3 is 2.38 bits per heavy atom. The number of imide groups is 1. The molecule has 0 radical (unpaired) electrons. The summed E-state index contributed by atoms with van der Waals surface area (Å²) in [5, 5.41) is 12.2. The van der Waals surface area contributed by atoms with Gasteiger partial charge in [-0.15, -0.1) is 0 Å². The van der Waals surface area contributed by atoms with Crippen LogP contribution < -0.4 is 5.32 Å². The summed E-state index contributed by atoms with van der Waals surface area (Å²) in [7, 11) is 0. The van der Waals surface area contributed by atoms with Crippen LogP contribution in [-0.4, -0.2) is 71.0 Å². The van der Waals surface area contributed by atoms with Gasteiger partial charge in [0.15, 0.2) is 0 Å². The highest BCUT2D eigenvalue weighted by Gasteiger charge is 2.28. The summed E-state index contributed by atoms with van der Waals surface area (Å²) in [5.41, 5.74) is -0.654. The Morgan fingerprint density at radius 1 is 1.19 bits per heavy atom. The first kappa shape index (κ1) is 15.9. The van der Waals surface area contributed by atoms with Gasteiger partial charge in [-0.25, -0.2) is 0 Å². The Kier molecular flexibility index (Phi) is 4.95. The van der Waals surface area contributed by atoms with Crippen molar-refractivity contribution >= 4 is 17.7 Å². The summed E-state index contributed by atoms with van der Waals surface area (Å²) in [6.45, 7) is 3.76. The second-order valence-electron chi connectivity index (χ2n) is 6.16. The maximum absolute atomic E-state index is 11.8. The second-order valence-corrected chi connectivity index (χ2v) is 6.16. The SMILES string of the molecule is CC1(O)CCN(CC(=O)NC(=O)CN2CCCC2=O)CC1. The number of amides is 3. The van der Waals surface area contributed by atoms with Crippen molar-refractivity contribution in [3.63, 3.8) is 0 Å². The fraction of sp³-hybridized carbons (Fsp3) is 0.786. The highest BCUT2D eigenvalue weighted by atomic mass is 16.3. The van der Waals surface area contributed by atoms with Crippen LogP contribution in [0.4, 0.5) is 0 Å². The summed E-state index contributed by atoms with van der Waals surface area (Å²) in [4.78, 5) is 38.3. The molecule has 2 rings (SSSR count). The molecule has 21 heavy (non-hydrogen) atoms. The molecule has 0 spiro atoms. The second kappa shape index (κ2) is 6.53. The van der Waals surface area contributed by atoms with Crippen molar-refractivity contribution in [3.05, 3.63) is 0 Å². The van der Waals surface area contributed by atoms with Crippen LogP contribution in [0.25, 0.3) is 0 Å². The number of likely N-dealkylation sites (tertiary alicyclic amines) is 2. The average Bonchev–Trinajstić information content (AvgIpc) is 2.77. The van der Waals surface area contributed by atoms with Gasteiger partial charge in [0.05, 0.1) is 18.7 Å². The topological polar surface area (TPSA) is 89.9 Å². The van der Waals surface area contributed by atoms with Crippen LogP contribution in [0.15, 0.2) is 0 Å². The van der Waals surface area contributed by atoms with Crippen molar-refractivity contribution in [3.8, 4) is 0 Å². The first-order valence-corrected chi connectivity index (χ1v) is 7.41. The minimum atomic E-state index is -0.654. The van der Waals surface area contributed by atoms with Crippen LogP contribution in [-0.2, 0) is 14.4 Å². The number of aliphatic hydroxyl groups is 1. The van der Waals surface area contributed by atoms with Crippen molar-refractivity contribution < 1.29 is 19.5 Å². The predicted molar refractivity (Wildman–Crippen MR) is 75.3 cm³/mol. The highest BCUT2D eigenvalue weighted by Crippen LogP contribution is 2.20. The lowest BCUT2D eigenvalue weighted by Gasteiger charge is -2.35. The number of hydrogen-bond acceptors (Lipinski definition) is 5. The summed E-state index contributed by atoms with van der Waals surface area (Å²) < 4.78 is 0. The van der Waals surface area contributed by atoms with Gasteiger partial charge in [0.1, 0.15) is 0 Å². The molecule has 2 heterocycles. The van der Waals surface area contributed by atoms with Crippen LogP contribution in [0.1, 0.15) is 32.6 Å². The molecule has 7 nitrogen and oxygen atoms in total. The molecule has 0 aromatic heterocycles. The molecule has 7 heteroatoms. The third-order valence-corrected chi connectivity index (χ3v) is 4.09. The molecular weight excluding hydrogens is 274 g/mol. The average molecular weight is 297 g/mol. The number of nitrogens with one attached hydrogen (secondary N) is 1. The van der Waals surface area contributed by atoms with Crippen LogP contribution in [0.2, 0.25) is 0 Å². The molecule has 3 amide bonds. The number of hydrogen-bond donors (Lipinski definition) is 2. The third kappa shape index (κ3) is 4.78. The van der Waals surface area contributed by atoms with E-state index in [1.807, 2.05) is 4.90 Å². The quantitative estimate of drug-likeness (QED) is 0.702. The summed E-state index contributed by atoms with van der Waals surface area (Å²) >= 11 is 0. The summed E-state index contributed by atoms with van der Waals surface area (Å²) in [6.07, 6.45) is 2.50. The lowest BCUT2D eigenvalue weighted by Crippen LogP contribution is -2.48. The van der Waals surface area contributed by atoms with E-state index in [9.17, 15) is 19.5 Å². The molecule has 0 unspecified atom stereocenters. The maximum Gasteiger partial charge on any atom is 0.246 e. The predicted octanol–water partition coefficient (Wildman–Crippen LogP) is -0.902. The minimum Gasteiger partial charge on any atom is -0.390 e. The van der Waals surface area contributed by atoms with E-state index in [2.05, 4.69) is 5.32 Å². The molecule has 0 saturated carbocycles. The Morgan fingerprint density at radius 2 is 1.81 bits per heavy atom. The zero-order valence-electron chi connectivity index (χ0n) is 12.4. The molecule has 2 aliphatic rings. The van der Waals surface area contributed by atoms with E-state index in [1.54, 1.807) is 6.92 Å². The Balaban J connectivity index is 1.69. The standard InChI is InChI=1S/C14H23N3O4/c1-14(21)4-7-16(8-5-14)9-11(18)15-12(19)10-17-6-2-3-13(17)20/h21H,2-10H2,1H3,(H,15,18,19). The number of carbonyl (C=O) groups excluding carboxylic acids is 3. The number of nitrogens with zero attached hydrogens (tertiary/aromatic N) is 2. The van der Waals surface area contributed by atoms with Crippen molar-refractivity contribution in [1.82, 2.24) is 15.1 Å². The van der Waals surface area contributed by atoms with Crippen LogP contribution >= 0.6 is 0 Å². The fourth-order valence-corrected chi connectivity index (χ4v) is 2.68. The molecule has 0 atom stereocenters. The summed E-state index contributed by atoms with van der Waals surface area (Å²) in [6, 6.07) is 0. The van der Waals surface area contributed by atoms with Gasteiger partial charge in [-0.3, -0.25) is 24.6 Å². The first-order chi connectivity index (χ1) is 9.85. The van der Waals surface area contributed by atoms with E-state index in [4.69, 9.17) is 0 Å². The molecule has 118 valence electrons. The van der Waals surface area contributed by atoms with E-state index in [-0.39, 0.29) is 24.9 Å². The summed E-state index contributed by atoms with van der Waals surface area (Å²) in [5.74, 6) is -0.816. The van der Waals surface area contributed by atoms with Crippen molar-refractivity contribution in [2.24, 2.45) is 0 Å². The molecule has 0 aromatic rings. The number of carbonyl (C=O) groups is 3. The molecule has 0 aliphatic carbocycles. The molecule has 2 fully saturated rings. The van der Waals surface area contributed by atoms with Crippen LogP contribution in [0.3, 0.4) is 0 Å². The Labute approximate surface area is 124 Å². The molecular formula is C14H23N3O4. The number of piperidine rings is 1. The first-order valence-electron chi connectivity index (χ1n) is 7.41. The van der Waals surface area contributed by atoms with Crippen LogP contribution in [0, 0.1) is 0 Å². The third-order valence-electron chi connectivity index (χ3n) is 4.09. The van der Waals surface area contributed by atoms with Crippen molar-refractivity contribution in [1.29, 1.82) is 0 Å². The van der Waals surface area contributed by atoms with Gasteiger partial charge in [0, 0.05) is 26.1 Å². The minimum absolute atomic E-state index is 0.0316. The molecule has 2 saturated heterocycles. The van der Waals surface area contributed by atoms with Gasteiger partial charge in [-0.1, -0.05) is 0 Å². The van der Waals surface area contributed by atoms with Gasteiger partial charge in [0.2, 0.25) is 17.7 Å².